The van der Waals surface area contributed by atoms with Gasteiger partial charge in [-0.15, -0.1) is 0 Å². The zero-order valence-electron chi connectivity index (χ0n) is 14.1. The Labute approximate surface area is 130 Å². The summed E-state index contributed by atoms with van der Waals surface area (Å²) in [6.07, 6.45) is 7.76. The Morgan fingerprint density at radius 1 is 1.29 bits per heavy atom. The number of nitrogens with one attached hydrogen (secondary N) is 1. The molecule has 1 N–H and O–H groups in total. The summed E-state index contributed by atoms with van der Waals surface area (Å²) in [5.41, 5.74) is 0.271. The van der Waals surface area contributed by atoms with E-state index in [9.17, 15) is 0 Å². The highest BCUT2D eigenvalue weighted by Gasteiger charge is 2.44. The van der Waals surface area contributed by atoms with E-state index in [1.165, 1.54) is 58.2 Å². The molecular formula is C17H33N3O. The first-order valence-electron chi connectivity index (χ1n) is 8.82. The second kappa shape index (κ2) is 6.53. The van der Waals surface area contributed by atoms with Gasteiger partial charge >= 0.3 is 0 Å². The van der Waals surface area contributed by atoms with Crippen molar-refractivity contribution in [3.05, 3.63) is 0 Å². The van der Waals surface area contributed by atoms with Gasteiger partial charge in [0.25, 0.3) is 0 Å². The fourth-order valence-electron chi connectivity index (χ4n) is 4.52. The van der Waals surface area contributed by atoms with E-state index in [-0.39, 0.29) is 5.60 Å². The largest absolute Gasteiger partial charge is 0.375 e. The fourth-order valence-corrected chi connectivity index (χ4v) is 4.52. The average Bonchev–Trinajstić information content (AvgIpc) is 2.46. The van der Waals surface area contributed by atoms with E-state index in [1.54, 1.807) is 0 Å². The van der Waals surface area contributed by atoms with Crippen LogP contribution in [0.2, 0.25) is 0 Å². The van der Waals surface area contributed by atoms with Crippen molar-refractivity contribution >= 4 is 0 Å². The summed E-state index contributed by atoms with van der Waals surface area (Å²) in [6, 6.07) is 1.34. The molecule has 2 saturated heterocycles. The molecule has 3 atom stereocenters. The Kier molecular flexibility index (Phi) is 4.89. The summed E-state index contributed by atoms with van der Waals surface area (Å²) in [5.74, 6) is 0.796. The van der Waals surface area contributed by atoms with Gasteiger partial charge in [-0.2, -0.15) is 0 Å². The van der Waals surface area contributed by atoms with Crippen molar-refractivity contribution < 1.29 is 4.74 Å². The van der Waals surface area contributed by atoms with Gasteiger partial charge in [0.2, 0.25) is 0 Å². The van der Waals surface area contributed by atoms with E-state index in [1.807, 2.05) is 0 Å². The van der Waals surface area contributed by atoms with Crippen LogP contribution in [-0.2, 0) is 4.74 Å². The monoisotopic (exact) mass is 295 g/mol. The number of piperazine rings is 1. The van der Waals surface area contributed by atoms with Gasteiger partial charge in [0.05, 0.1) is 5.60 Å². The minimum Gasteiger partial charge on any atom is -0.375 e. The van der Waals surface area contributed by atoms with Crippen molar-refractivity contribution in [3.8, 4) is 0 Å². The zero-order chi connectivity index (χ0) is 14.9. The summed E-state index contributed by atoms with van der Waals surface area (Å²) in [6.45, 7) is 4.60. The number of rotatable bonds is 4. The summed E-state index contributed by atoms with van der Waals surface area (Å²) in [7, 11) is 6.70. The molecule has 2 heterocycles. The number of nitrogens with zero attached hydrogens (tertiary/aromatic N) is 2. The van der Waals surface area contributed by atoms with E-state index in [0.29, 0.717) is 12.1 Å². The predicted octanol–water partition coefficient (Wildman–Crippen LogP) is 1.56. The fraction of sp³-hybridized carbons (Fsp3) is 1.00. The van der Waals surface area contributed by atoms with Crippen LogP contribution in [0.15, 0.2) is 0 Å². The molecule has 4 heteroatoms. The first-order valence-corrected chi connectivity index (χ1v) is 8.82. The summed E-state index contributed by atoms with van der Waals surface area (Å²) < 4.78 is 6.11. The standard InChI is InChI=1S/C17H33N3O/c1-18-16(11-15-13-19(2)8-9-20(15)3)14-5-10-21-17(12-14)6-4-7-17/h14-16,18H,4-13H2,1-3H3. The summed E-state index contributed by atoms with van der Waals surface area (Å²) in [5, 5.41) is 3.64. The number of ether oxygens (including phenoxy) is 1. The molecule has 0 aromatic rings. The summed E-state index contributed by atoms with van der Waals surface area (Å²) in [4.78, 5) is 5.04. The van der Waals surface area contributed by atoms with Crippen LogP contribution in [0, 0.1) is 5.92 Å². The van der Waals surface area contributed by atoms with Crippen molar-refractivity contribution in [1.82, 2.24) is 15.1 Å². The predicted molar refractivity (Wildman–Crippen MR) is 86.6 cm³/mol. The molecule has 0 aromatic heterocycles. The van der Waals surface area contributed by atoms with Crippen LogP contribution in [0.25, 0.3) is 0 Å². The number of likely N-dealkylation sites (N-methyl/N-ethyl adjacent to an activating group) is 2. The van der Waals surface area contributed by atoms with E-state index in [0.717, 1.165) is 12.5 Å². The molecule has 3 unspecified atom stereocenters. The zero-order valence-corrected chi connectivity index (χ0v) is 14.1. The molecule has 1 spiro atoms. The van der Waals surface area contributed by atoms with E-state index in [4.69, 9.17) is 4.74 Å². The molecule has 3 aliphatic rings. The lowest BCUT2D eigenvalue weighted by atomic mass is 9.70. The normalized spacial score (nSPS) is 35.6. The SMILES string of the molecule is CNC(CC1CN(C)CCN1C)C1CCOC2(CCC2)C1. The Hall–Kier alpha value is -0.160. The van der Waals surface area contributed by atoms with Crippen LogP contribution in [0.3, 0.4) is 0 Å². The van der Waals surface area contributed by atoms with Crippen LogP contribution in [0.1, 0.15) is 38.5 Å². The Balaban J connectivity index is 1.59. The smallest absolute Gasteiger partial charge is 0.0685 e. The van der Waals surface area contributed by atoms with Crippen LogP contribution in [-0.4, -0.2) is 74.9 Å². The Morgan fingerprint density at radius 2 is 2.10 bits per heavy atom. The first kappa shape index (κ1) is 15.7. The lowest BCUT2D eigenvalue weighted by Crippen LogP contribution is -2.55. The van der Waals surface area contributed by atoms with Gasteiger partial charge in [-0.25, -0.2) is 0 Å². The van der Waals surface area contributed by atoms with Crippen molar-refractivity contribution in [2.24, 2.45) is 5.92 Å². The molecule has 0 amide bonds. The van der Waals surface area contributed by atoms with Crippen molar-refractivity contribution in [1.29, 1.82) is 0 Å². The van der Waals surface area contributed by atoms with E-state index in [2.05, 4.69) is 36.3 Å². The van der Waals surface area contributed by atoms with Gasteiger partial charge in [-0.05, 0) is 65.6 Å². The van der Waals surface area contributed by atoms with Crippen molar-refractivity contribution in [2.45, 2.75) is 56.2 Å². The third-order valence-corrected chi connectivity index (χ3v) is 6.24. The highest BCUT2D eigenvalue weighted by atomic mass is 16.5. The van der Waals surface area contributed by atoms with Gasteiger partial charge < -0.3 is 19.9 Å². The lowest BCUT2D eigenvalue weighted by Gasteiger charge is -2.49. The Morgan fingerprint density at radius 3 is 2.76 bits per heavy atom. The molecule has 0 aromatic carbocycles. The highest BCUT2D eigenvalue weighted by Crippen LogP contribution is 2.45. The molecule has 1 aliphatic carbocycles. The minimum absolute atomic E-state index is 0.271. The lowest BCUT2D eigenvalue weighted by molar-refractivity contribution is -0.147. The molecular weight excluding hydrogens is 262 g/mol. The van der Waals surface area contributed by atoms with Gasteiger partial charge in [-0.1, -0.05) is 0 Å². The molecule has 1 saturated carbocycles. The van der Waals surface area contributed by atoms with Crippen molar-refractivity contribution in [3.63, 3.8) is 0 Å². The van der Waals surface area contributed by atoms with Crippen LogP contribution in [0.5, 0.6) is 0 Å². The van der Waals surface area contributed by atoms with Gasteiger partial charge in [0.15, 0.2) is 0 Å². The maximum absolute atomic E-state index is 6.11. The molecule has 122 valence electrons. The van der Waals surface area contributed by atoms with Crippen LogP contribution < -0.4 is 5.32 Å². The maximum atomic E-state index is 6.11. The molecule has 0 bridgehead atoms. The number of hydrogen-bond donors (Lipinski definition) is 1. The summed E-state index contributed by atoms with van der Waals surface area (Å²) >= 11 is 0. The van der Waals surface area contributed by atoms with Gasteiger partial charge in [-0.3, -0.25) is 0 Å². The van der Waals surface area contributed by atoms with Crippen LogP contribution in [0.4, 0.5) is 0 Å². The Bertz CT molecular complexity index is 345. The second-order valence-corrected chi connectivity index (χ2v) is 7.67. The molecule has 2 aliphatic heterocycles. The molecule has 4 nitrogen and oxygen atoms in total. The first-order chi connectivity index (χ1) is 10.1. The molecule has 0 radical (unpaired) electrons. The number of hydrogen-bond acceptors (Lipinski definition) is 4. The molecule has 21 heavy (non-hydrogen) atoms. The van der Waals surface area contributed by atoms with Crippen molar-refractivity contribution in [2.75, 3.05) is 47.4 Å². The average molecular weight is 295 g/mol. The van der Waals surface area contributed by atoms with E-state index < -0.39 is 0 Å². The second-order valence-electron chi connectivity index (χ2n) is 7.67. The molecule has 3 fully saturated rings. The third-order valence-electron chi connectivity index (χ3n) is 6.24. The topological polar surface area (TPSA) is 27.7 Å². The van der Waals surface area contributed by atoms with Gasteiger partial charge in [0, 0.05) is 38.3 Å². The molecule has 3 rings (SSSR count). The van der Waals surface area contributed by atoms with E-state index >= 15 is 0 Å². The highest BCUT2D eigenvalue weighted by molar-refractivity contribution is 4.97. The minimum atomic E-state index is 0.271. The third kappa shape index (κ3) is 3.44. The quantitative estimate of drug-likeness (QED) is 0.852. The maximum Gasteiger partial charge on any atom is 0.0685 e. The van der Waals surface area contributed by atoms with Crippen LogP contribution >= 0.6 is 0 Å². The van der Waals surface area contributed by atoms with Gasteiger partial charge in [0.1, 0.15) is 0 Å².